The first-order chi connectivity index (χ1) is 10.9. The first-order valence-electron chi connectivity index (χ1n) is 7.32. The van der Waals surface area contributed by atoms with Crippen LogP contribution in [0.4, 0.5) is 0 Å². The molecule has 0 atom stereocenters. The van der Waals surface area contributed by atoms with Gasteiger partial charge in [-0.25, -0.2) is 0 Å². The van der Waals surface area contributed by atoms with E-state index in [9.17, 15) is 5.11 Å². The molecule has 1 aromatic carbocycles. The molecule has 4 nitrogen and oxygen atoms in total. The molecule has 1 aromatic heterocycles. The lowest BCUT2D eigenvalue weighted by Gasteiger charge is -2.24. The molecule has 0 saturated carbocycles. The van der Waals surface area contributed by atoms with E-state index in [4.69, 9.17) is 21.1 Å². The van der Waals surface area contributed by atoms with Crippen molar-refractivity contribution < 1.29 is 14.6 Å². The Morgan fingerprint density at radius 1 is 1.35 bits per heavy atom. The van der Waals surface area contributed by atoms with E-state index in [1.165, 1.54) is 0 Å². The molecule has 0 fully saturated rings. The molecule has 1 heterocycles. The van der Waals surface area contributed by atoms with Crippen LogP contribution in [-0.2, 0) is 13.2 Å². The summed E-state index contributed by atoms with van der Waals surface area (Å²) in [5, 5.41) is 15.1. The lowest BCUT2D eigenvalue weighted by Crippen LogP contribution is -2.42. The molecule has 0 aliphatic carbocycles. The fourth-order valence-electron chi connectivity index (χ4n) is 1.95. The molecule has 23 heavy (non-hydrogen) atoms. The highest BCUT2D eigenvalue weighted by atomic mass is 35.5. The maximum absolute atomic E-state index is 9.30. The van der Waals surface area contributed by atoms with E-state index in [1.807, 2.05) is 43.5 Å². The van der Waals surface area contributed by atoms with Gasteiger partial charge in [-0.05, 0) is 43.0 Å². The quantitative estimate of drug-likeness (QED) is 0.755. The standard InChI is InChI=1S/C17H22ClNO3S/c1-17(2,11-20)19-9-12-7-14(18)16(15(8-12)21-3)22-10-13-5-4-6-23-13/h4-8,19-20H,9-11H2,1-3H3. The lowest BCUT2D eigenvalue weighted by atomic mass is 10.1. The van der Waals surface area contributed by atoms with E-state index >= 15 is 0 Å². The minimum Gasteiger partial charge on any atom is -0.493 e. The highest BCUT2D eigenvalue weighted by Crippen LogP contribution is 2.37. The molecule has 2 aromatic rings. The molecule has 2 rings (SSSR count). The second-order valence-corrected chi connectivity index (χ2v) is 7.31. The maximum atomic E-state index is 9.30. The van der Waals surface area contributed by atoms with Crippen molar-refractivity contribution in [3.8, 4) is 11.5 Å². The molecule has 0 radical (unpaired) electrons. The van der Waals surface area contributed by atoms with Crippen LogP contribution in [0.1, 0.15) is 24.3 Å². The van der Waals surface area contributed by atoms with Crippen LogP contribution in [0.3, 0.4) is 0 Å². The van der Waals surface area contributed by atoms with Gasteiger partial charge < -0.3 is 19.9 Å². The predicted molar refractivity (Wildman–Crippen MR) is 94.7 cm³/mol. The van der Waals surface area contributed by atoms with Crippen LogP contribution < -0.4 is 14.8 Å². The normalized spacial score (nSPS) is 11.5. The highest BCUT2D eigenvalue weighted by Gasteiger charge is 2.17. The van der Waals surface area contributed by atoms with Crippen LogP contribution in [0, 0.1) is 0 Å². The van der Waals surface area contributed by atoms with Crippen molar-refractivity contribution in [2.24, 2.45) is 0 Å². The summed E-state index contributed by atoms with van der Waals surface area (Å²) >= 11 is 7.99. The first-order valence-corrected chi connectivity index (χ1v) is 8.58. The van der Waals surface area contributed by atoms with Crippen LogP contribution in [0.15, 0.2) is 29.6 Å². The minimum atomic E-state index is -0.353. The summed E-state index contributed by atoms with van der Waals surface area (Å²) in [5.41, 5.74) is 0.616. The first kappa shape index (κ1) is 18.1. The molecule has 0 amide bonds. The van der Waals surface area contributed by atoms with E-state index in [-0.39, 0.29) is 12.1 Å². The Morgan fingerprint density at radius 3 is 2.74 bits per heavy atom. The van der Waals surface area contributed by atoms with Gasteiger partial charge in [0.15, 0.2) is 11.5 Å². The SMILES string of the molecule is COc1cc(CNC(C)(C)CO)cc(Cl)c1OCc1cccs1. The highest BCUT2D eigenvalue weighted by molar-refractivity contribution is 7.09. The Balaban J connectivity index is 2.11. The molecule has 0 aliphatic heterocycles. The molecule has 0 aliphatic rings. The predicted octanol–water partition coefficient (Wildman–Crippen LogP) is 3.85. The van der Waals surface area contributed by atoms with Crippen LogP contribution in [0.2, 0.25) is 5.02 Å². The number of aliphatic hydroxyl groups is 1. The third-order valence-electron chi connectivity index (χ3n) is 3.39. The number of methoxy groups -OCH3 is 1. The summed E-state index contributed by atoms with van der Waals surface area (Å²) in [6.45, 7) is 4.96. The van der Waals surface area contributed by atoms with Gasteiger partial charge in [0.2, 0.25) is 0 Å². The molecular weight excluding hydrogens is 334 g/mol. The van der Waals surface area contributed by atoms with E-state index < -0.39 is 0 Å². The zero-order valence-electron chi connectivity index (χ0n) is 13.6. The van der Waals surface area contributed by atoms with Gasteiger partial charge in [-0.15, -0.1) is 11.3 Å². The van der Waals surface area contributed by atoms with Gasteiger partial charge >= 0.3 is 0 Å². The van der Waals surface area contributed by atoms with Crippen molar-refractivity contribution >= 4 is 22.9 Å². The number of nitrogens with one attached hydrogen (secondary N) is 1. The summed E-state index contributed by atoms with van der Waals surface area (Å²) in [4.78, 5) is 1.12. The average molecular weight is 356 g/mol. The van der Waals surface area contributed by atoms with Crippen LogP contribution in [0.5, 0.6) is 11.5 Å². The maximum Gasteiger partial charge on any atom is 0.180 e. The van der Waals surface area contributed by atoms with Gasteiger partial charge in [-0.2, -0.15) is 0 Å². The fourth-order valence-corrected chi connectivity index (χ4v) is 2.85. The summed E-state index contributed by atoms with van der Waals surface area (Å²) in [5.74, 6) is 1.15. The molecule has 0 saturated heterocycles. The van der Waals surface area contributed by atoms with Gasteiger partial charge in [-0.1, -0.05) is 17.7 Å². The van der Waals surface area contributed by atoms with Crippen LogP contribution in [0.25, 0.3) is 0 Å². The summed E-state index contributed by atoms with van der Waals surface area (Å²) in [6.07, 6.45) is 0. The van der Waals surface area contributed by atoms with Crippen molar-refractivity contribution in [3.63, 3.8) is 0 Å². The largest absolute Gasteiger partial charge is 0.493 e. The molecule has 6 heteroatoms. The lowest BCUT2D eigenvalue weighted by molar-refractivity contribution is 0.187. The van der Waals surface area contributed by atoms with Gasteiger partial charge in [-0.3, -0.25) is 0 Å². The summed E-state index contributed by atoms with van der Waals surface area (Å²) in [6, 6.07) is 7.75. The Morgan fingerprint density at radius 2 is 2.13 bits per heavy atom. The Kier molecular flexibility index (Phi) is 6.30. The van der Waals surface area contributed by atoms with Gasteiger partial charge in [0.1, 0.15) is 6.61 Å². The van der Waals surface area contributed by atoms with Crippen LogP contribution in [-0.4, -0.2) is 24.4 Å². The molecule has 126 valence electrons. The van der Waals surface area contributed by atoms with Crippen molar-refractivity contribution in [2.45, 2.75) is 32.5 Å². The van der Waals surface area contributed by atoms with Crippen molar-refractivity contribution in [3.05, 3.63) is 45.1 Å². The number of hydrogen-bond acceptors (Lipinski definition) is 5. The zero-order valence-corrected chi connectivity index (χ0v) is 15.1. The van der Waals surface area contributed by atoms with Crippen LogP contribution >= 0.6 is 22.9 Å². The zero-order chi connectivity index (χ0) is 16.9. The van der Waals surface area contributed by atoms with E-state index in [2.05, 4.69) is 5.32 Å². The van der Waals surface area contributed by atoms with Crippen molar-refractivity contribution in [1.82, 2.24) is 5.32 Å². The molecule has 2 N–H and O–H groups in total. The number of aliphatic hydroxyl groups excluding tert-OH is 1. The number of halogens is 1. The van der Waals surface area contributed by atoms with E-state index in [0.29, 0.717) is 29.7 Å². The van der Waals surface area contributed by atoms with Crippen molar-refractivity contribution in [2.75, 3.05) is 13.7 Å². The molecule has 0 unspecified atom stereocenters. The number of ether oxygens (including phenoxy) is 2. The fraction of sp³-hybridized carbons (Fsp3) is 0.412. The van der Waals surface area contributed by atoms with Crippen molar-refractivity contribution in [1.29, 1.82) is 0 Å². The topological polar surface area (TPSA) is 50.7 Å². The smallest absolute Gasteiger partial charge is 0.180 e. The Labute approximate surface area is 146 Å². The van der Waals surface area contributed by atoms with E-state index in [1.54, 1.807) is 18.4 Å². The third-order valence-corrected chi connectivity index (χ3v) is 4.53. The third kappa shape index (κ3) is 5.11. The number of thiophene rings is 1. The number of hydrogen-bond donors (Lipinski definition) is 2. The second kappa shape index (κ2) is 8.02. The van der Waals surface area contributed by atoms with Gasteiger partial charge in [0.05, 0.1) is 18.7 Å². The minimum absolute atomic E-state index is 0.0554. The van der Waals surface area contributed by atoms with E-state index in [0.717, 1.165) is 10.4 Å². The molecule has 0 spiro atoms. The Bertz CT molecular complexity index is 629. The molecular formula is C17H22ClNO3S. The Hall–Kier alpha value is -1.27. The average Bonchev–Trinajstić information content (AvgIpc) is 3.05. The second-order valence-electron chi connectivity index (χ2n) is 5.87. The number of rotatable bonds is 8. The summed E-state index contributed by atoms with van der Waals surface area (Å²) in [7, 11) is 1.60. The van der Waals surface area contributed by atoms with Gasteiger partial charge in [0.25, 0.3) is 0 Å². The number of benzene rings is 1. The summed E-state index contributed by atoms with van der Waals surface area (Å²) < 4.78 is 11.2. The van der Waals surface area contributed by atoms with Gasteiger partial charge in [0, 0.05) is 17.0 Å². The monoisotopic (exact) mass is 355 g/mol. The molecule has 0 bridgehead atoms.